The molecule has 28 heavy (non-hydrogen) atoms. The Kier molecular flexibility index (Phi) is 4.40. The first-order valence-electron chi connectivity index (χ1n) is 9.55. The van der Waals surface area contributed by atoms with Crippen LogP contribution in [0.3, 0.4) is 0 Å². The smallest absolute Gasteiger partial charge is 0.423 e. The first-order valence-corrected chi connectivity index (χ1v) is 9.55. The number of amidine groups is 2. The number of hydrogen-bond donors (Lipinski definition) is 1. The monoisotopic (exact) mass is 384 g/mol. The van der Waals surface area contributed by atoms with Crippen LogP contribution in [0.25, 0.3) is 5.70 Å². The van der Waals surface area contributed by atoms with Crippen molar-refractivity contribution in [2.45, 2.75) is 58.8 Å². The van der Waals surface area contributed by atoms with Gasteiger partial charge < -0.3 is 10.1 Å². The van der Waals surface area contributed by atoms with Gasteiger partial charge in [0.15, 0.2) is 11.5 Å². The Labute approximate surface area is 163 Å². The molecule has 1 aromatic rings. The van der Waals surface area contributed by atoms with Gasteiger partial charge >= 0.3 is 6.02 Å². The summed E-state index contributed by atoms with van der Waals surface area (Å²) in [5.74, 6) is 0.843. The van der Waals surface area contributed by atoms with Crippen LogP contribution in [0.2, 0.25) is 0 Å². The van der Waals surface area contributed by atoms with Gasteiger partial charge in [-0.05, 0) is 39.6 Å². The van der Waals surface area contributed by atoms with Crippen LogP contribution in [-0.4, -0.2) is 51.1 Å². The van der Waals surface area contributed by atoms with Gasteiger partial charge in [-0.3, -0.25) is 9.48 Å². The van der Waals surface area contributed by atoms with Crippen LogP contribution in [0.15, 0.2) is 33.6 Å². The van der Waals surface area contributed by atoms with Crippen LogP contribution >= 0.6 is 0 Å². The third kappa shape index (κ3) is 3.48. The number of aromatic nitrogens is 2. The maximum absolute atomic E-state index is 11.5. The first kappa shape index (κ1) is 18.5. The lowest BCUT2D eigenvalue weighted by Gasteiger charge is -2.19. The molecule has 3 atom stereocenters. The molecule has 1 aromatic heterocycles. The SMILES string of the molecule is CC1=NC2C=C(c3cnn(C(C)(C)C)c3)N=C(O[C@H](C)[C@H]3CNC(=O)C3)[N+]2=N1. The number of azo groups is 2. The molecular formula is C19H26N7O2+. The molecule has 3 aliphatic rings. The summed E-state index contributed by atoms with van der Waals surface area (Å²) in [7, 11) is 0. The molecule has 4 rings (SSSR count). The Balaban J connectivity index is 1.62. The number of carbonyl (C=O) groups is 1. The summed E-state index contributed by atoms with van der Waals surface area (Å²) in [6.45, 7) is 10.7. The van der Waals surface area contributed by atoms with Crippen molar-refractivity contribution in [3.8, 4) is 0 Å². The van der Waals surface area contributed by atoms with Crippen LogP contribution in [0.4, 0.5) is 0 Å². The zero-order valence-corrected chi connectivity index (χ0v) is 16.9. The predicted octanol–water partition coefficient (Wildman–Crippen LogP) is 2.11. The zero-order chi connectivity index (χ0) is 20.1. The average Bonchev–Trinajstić information content (AvgIpc) is 3.32. The van der Waals surface area contributed by atoms with Gasteiger partial charge in [0.2, 0.25) is 12.1 Å². The predicted molar refractivity (Wildman–Crippen MR) is 104 cm³/mol. The van der Waals surface area contributed by atoms with Gasteiger partial charge in [-0.15, -0.1) is 0 Å². The molecule has 0 aromatic carbocycles. The average molecular weight is 384 g/mol. The Morgan fingerprint density at radius 3 is 2.82 bits per heavy atom. The molecule has 1 N–H and O–H groups in total. The Morgan fingerprint density at radius 1 is 1.39 bits per heavy atom. The van der Waals surface area contributed by atoms with E-state index in [-0.39, 0.29) is 29.6 Å². The van der Waals surface area contributed by atoms with Crippen LogP contribution in [0, 0.1) is 5.92 Å². The second-order valence-corrected chi connectivity index (χ2v) is 8.42. The molecule has 1 fully saturated rings. The van der Waals surface area contributed by atoms with Gasteiger partial charge in [0.25, 0.3) is 0 Å². The van der Waals surface area contributed by atoms with E-state index in [1.807, 2.05) is 30.8 Å². The van der Waals surface area contributed by atoms with Crippen molar-refractivity contribution in [2.24, 2.45) is 21.0 Å². The number of amides is 1. The van der Waals surface area contributed by atoms with Gasteiger partial charge in [0, 0.05) is 31.2 Å². The number of fused-ring (bicyclic) bond motifs is 1. The lowest BCUT2D eigenvalue weighted by Crippen LogP contribution is -2.35. The van der Waals surface area contributed by atoms with Crippen molar-refractivity contribution in [1.29, 1.82) is 0 Å². The molecule has 9 heteroatoms. The van der Waals surface area contributed by atoms with Gasteiger partial charge in [-0.25, -0.2) is 4.99 Å². The summed E-state index contributed by atoms with van der Waals surface area (Å²) in [6.07, 6.45) is 5.75. The van der Waals surface area contributed by atoms with E-state index < -0.39 is 0 Å². The maximum Gasteiger partial charge on any atom is 0.522 e. The molecule has 4 heterocycles. The van der Waals surface area contributed by atoms with Gasteiger partial charge in [-0.1, -0.05) is 9.81 Å². The van der Waals surface area contributed by atoms with Crippen molar-refractivity contribution in [2.75, 3.05) is 6.54 Å². The number of nitrogens with one attached hydrogen (secondary N) is 1. The largest absolute Gasteiger partial charge is 0.522 e. The highest BCUT2D eigenvalue weighted by Gasteiger charge is 2.40. The molecule has 1 amide bonds. The van der Waals surface area contributed by atoms with E-state index in [0.717, 1.165) is 11.3 Å². The molecule has 1 unspecified atom stereocenters. The topological polar surface area (TPSA) is 96.2 Å². The van der Waals surface area contributed by atoms with E-state index in [4.69, 9.17) is 9.73 Å². The fourth-order valence-corrected chi connectivity index (χ4v) is 3.37. The Hall–Kier alpha value is -2.84. The van der Waals surface area contributed by atoms with E-state index >= 15 is 0 Å². The van der Waals surface area contributed by atoms with Crippen molar-refractivity contribution >= 4 is 23.5 Å². The third-order valence-corrected chi connectivity index (χ3v) is 5.07. The summed E-state index contributed by atoms with van der Waals surface area (Å²) < 4.78 is 9.76. The quantitative estimate of drug-likeness (QED) is 0.809. The summed E-state index contributed by atoms with van der Waals surface area (Å²) in [4.78, 5) is 20.8. The van der Waals surface area contributed by atoms with Gasteiger partial charge in [0.05, 0.1) is 17.3 Å². The van der Waals surface area contributed by atoms with Crippen LogP contribution in [-0.2, 0) is 15.1 Å². The standard InChI is InChI=1S/C19H25N7O2/c1-11(13-6-17(27)20-8-13)28-18-23-15(7-16-22-12(2)24-26(16)18)14-9-21-25(10-14)19(3,4)5/h7,9-11,13,16H,6,8H2,1-5H3/p+1/t11-,13-,16?/m1/s1. The van der Waals surface area contributed by atoms with Crippen LogP contribution < -0.4 is 5.32 Å². The minimum atomic E-state index is -0.281. The third-order valence-electron chi connectivity index (χ3n) is 5.07. The van der Waals surface area contributed by atoms with Crippen molar-refractivity contribution in [3.05, 3.63) is 24.0 Å². The molecule has 148 valence electrons. The molecular weight excluding hydrogens is 358 g/mol. The van der Waals surface area contributed by atoms with Crippen molar-refractivity contribution in [3.63, 3.8) is 0 Å². The normalized spacial score (nSPS) is 25.4. The van der Waals surface area contributed by atoms with Crippen molar-refractivity contribution < 1.29 is 14.2 Å². The Bertz CT molecular complexity index is 932. The fourth-order valence-electron chi connectivity index (χ4n) is 3.37. The van der Waals surface area contributed by atoms with E-state index in [1.165, 1.54) is 0 Å². The van der Waals surface area contributed by atoms with E-state index in [0.29, 0.717) is 24.8 Å². The molecule has 3 aliphatic heterocycles. The van der Waals surface area contributed by atoms with E-state index in [2.05, 4.69) is 41.3 Å². The Morgan fingerprint density at radius 2 is 2.18 bits per heavy atom. The minimum Gasteiger partial charge on any atom is -0.423 e. The van der Waals surface area contributed by atoms with E-state index in [1.54, 1.807) is 10.9 Å². The highest BCUT2D eigenvalue weighted by molar-refractivity contribution is 5.85. The molecule has 0 spiro atoms. The second kappa shape index (κ2) is 6.65. The molecule has 9 nitrogen and oxygen atoms in total. The minimum absolute atomic E-state index is 0.0594. The lowest BCUT2D eigenvalue weighted by atomic mass is 10.0. The summed E-state index contributed by atoms with van der Waals surface area (Å²) in [6, 6.07) is 0.401. The number of aliphatic imine (C=N–C) groups is 2. The molecule has 1 saturated heterocycles. The number of carbonyl (C=O) groups excluding carboxylic acids is 1. The van der Waals surface area contributed by atoms with Crippen molar-refractivity contribution in [1.82, 2.24) is 15.1 Å². The molecule has 0 radical (unpaired) electrons. The highest BCUT2D eigenvalue weighted by atomic mass is 16.5. The number of rotatable bonds is 3. The van der Waals surface area contributed by atoms with Gasteiger partial charge in [-0.2, -0.15) is 5.10 Å². The maximum atomic E-state index is 11.5. The van der Waals surface area contributed by atoms with Crippen LogP contribution in [0.5, 0.6) is 0 Å². The summed E-state index contributed by atoms with van der Waals surface area (Å²) >= 11 is 0. The lowest BCUT2D eigenvalue weighted by molar-refractivity contribution is -0.515. The summed E-state index contributed by atoms with van der Waals surface area (Å²) in [5, 5.41) is 11.8. The molecule has 0 bridgehead atoms. The molecule has 0 aliphatic carbocycles. The fraction of sp³-hybridized carbons (Fsp3) is 0.579. The number of ether oxygens (including phenoxy) is 1. The first-order chi connectivity index (χ1) is 13.2. The summed E-state index contributed by atoms with van der Waals surface area (Å²) in [5.41, 5.74) is 1.55. The van der Waals surface area contributed by atoms with E-state index in [9.17, 15) is 4.79 Å². The zero-order valence-electron chi connectivity index (χ0n) is 16.9. The number of nitrogens with zero attached hydrogens (tertiary/aromatic N) is 6. The van der Waals surface area contributed by atoms with Crippen LogP contribution in [0.1, 0.15) is 46.6 Å². The molecule has 0 saturated carbocycles. The second-order valence-electron chi connectivity index (χ2n) is 8.42. The van der Waals surface area contributed by atoms with Gasteiger partial charge in [0.1, 0.15) is 6.10 Å². The highest BCUT2D eigenvalue weighted by Crippen LogP contribution is 2.27. The number of hydrogen-bond acceptors (Lipinski definition) is 6.